The fourth-order valence-electron chi connectivity index (χ4n) is 1.26. The Kier molecular flexibility index (Phi) is 5.31. The van der Waals surface area contributed by atoms with Gasteiger partial charge in [0, 0.05) is 26.0 Å². The number of carboxylic acid groups (broad SMARTS) is 1. The first kappa shape index (κ1) is 13.3. The molecule has 0 aromatic carbocycles. The van der Waals surface area contributed by atoms with Crippen LogP contribution >= 0.6 is 0 Å². The van der Waals surface area contributed by atoms with Crippen molar-refractivity contribution in [3.63, 3.8) is 0 Å². The van der Waals surface area contributed by atoms with E-state index in [4.69, 9.17) is 9.84 Å². The number of hydrogen-bond acceptors (Lipinski definition) is 6. The van der Waals surface area contributed by atoms with Crippen LogP contribution in [0.2, 0.25) is 0 Å². The van der Waals surface area contributed by atoms with Crippen molar-refractivity contribution in [2.24, 2.45) is 0 Å². The first-order chi connectivity index (χ1) is 8.15. The number of aromatic nitrogens is 2. The van der Waals surface area contributed by atoms with E-state index in [-0.39, 0.29) is 18.1 Å². The van der Waals surface area contributed by atoms with Crippen LogP contribution in [-0.2, 0) is 4.74 Å². The number of anilines is 1. The Morgan fingerprint density at radius 2 is 2.24 bits per heavy atom. The molecule has 1 heterocycles. The quantitative estimate of drug-likeness (QED) is 0.616. The summed E-state index contributed by atoms with van der Waals surface area (Å²) in [5, 5.41) is 21.0. The average molecular weight is 241 g/mol. The number of nitrogens with one attached hydrogen (secondary N) is 1. The number of rotatable bonds is 7. The lowest BCUT2D eigenvalue weighted by atomic mass is 10.2. The third-order valence-electron chi connectivity index (χ3n) is 2.03. The summed E-state index contributed by atoms with van der Waals surface area (Å²) in [4.78, 5) is 18.4. The standard InChI is InChI=1S/C10H15N3O4/c1-17-6-7(14)2-3-12-9-8(10(15)16)11-4-5-13-9/h4-5,7,14H,2-3,6H2,1H3,(H,12,13)(H,15,16). The normalized spacial score (nSPS) is 12.1. The maximum atomic E-state index is 10.8. The molecule has 0 spiro atoms. The number of carbonyl (C=O) groups is 1. The minimum Gasteiger partial charge on any atom is -0.476 e. The summed E-state index contributed by atoms with van der Waals surface area (Å²) < 4.78 is 4.77. The van der Waals surface area contributed by atoms with Gasteiger partial charge in [0.15, 0.2) is 11.5 Å². The Bertz CT molecular complexity index is 372. The van der Waals surface area contributed by atoms with Gasteiger partial charge in [-0.1, -0.05) is 0 Å². The van der Waals surface area contributed by atoms with Gasteiger partial charge < -0.3 is 20.3 Å². The van der Waals surface area contributed by atoms with Crippen LogP contribution < -0.4 is 5.32 Å². The van der Waals surface area contributed by atoms with E-state index in [1.807, 2.05) is 0 Å². The number of hydrogen-bond donors (Lipinski definition) is 3. The summed E-state index contributed by atoms with van der Waals surface area (Å²) in [6, 6.07) is 0. The number of aliphatic hydroxyl groups excluding tert-OH is 1. The van der Waals surface area contributed by atoms with E-state index in [1.165, 1.54) is 19.5 Å². The van der Waals surface area contributed by atoms with Gasteiger partial charge in [0.2, 0.25) is 0 Å². The van der Waals surface area contributed by atoms with Gasteiger partial charge in [-0.3, -0.25) is 0 Å². The lowest BCUT2D eigenvalue weighted by Gasteiger charge is -2.11. The van der Waals surface area contributed by atoms with Crippen molar-refractivity contribution in [3.8, 4) is 0 Å². The zero-order valence-electron chi connectivity index (χ0n) is 9.46. The van der Waals surface area contributed by atoms with Crippen molar-refractivity contribution in [2.75, 3.05) is 25.6 Å². The Labute approximate surface area is 98.5 Å². The number of aliphatic hydroxyl groups is 1. The Morgan fingerprint density at radius 1 is 1.53 bits per heavy atom. The summed E-state index contributed by atoms with van der Waals surface area (Å²) in [7, 11) is 1.50. The highest BCUT2D eigenvalue weighted by Gasteiger charge is 2.12. The van der Waals surface area contributed by atoms with Gasteiger partial charge in [-0.15, -0.1) is 0 Å². The average Bonchev–Trinajstić information content (AvgIpc) is 2.30. The number of nitrogens with zero attached hydrogens (tertiary/aromatic N) is 2. The first-order valence-electron chi connectivity index (χ1n) is 5.10. The Hall–Kier alpha value is -1.73. The highest BCUT2D eigenvalue weighted by molar-refractivity contribution is 5.90. The lowest BCUT2D eigenvalue weighted by molar-refractivity contribution is 0.0615. The van der Waals surface area contributed by atoms with Gasteiger partial charge >= 0.3 is 5.97 Å². The molecule has 1 unspecified atom stereocenters. The second kappa shape index (κ2) is 6.77. The van der Waals surface area contributed by atoms with Crippen LogP contribution in [0.25, 0.3) is 0 Å². The molecular formula is C10H15N3O4. The van der Waals surface area contributed by atoms with Crippen LogP contribution in [0.5, 0.6) is 0 Å². The van der Waals surface area contributed by atoms with Crippen LogP contribution in [0.4, 0.5) is 5.82 Å². The molecular weight excluding hydrogens is 226 g/mol. The Balaban J connectivity index is 2.49. The van der Waals surface area contributed by atoms with Crippen molar-refractivity contribution < 1.29 is 19.7 Å². The molecule has 0 aliphatic heterocycles. The van der Waals surface area contributed by atoms with Gasteiger partial charge in [-0.25, -0.2) is 14.8 Å². The van der Waals surface area contributed by atoms with Gasteiger partial charge in [0.1, 0.15) is 0 Å². The second-order valence-electron chi connectivity index (χ2n) is 3.38. The molecule has 0 saturated carbocycles. The van der Waals surface area contributed by atoms with E-state index >= 15 is 0 Å². The van der Waals surface area contributed by atoms with Gasteiger partial charge in [0.05, 0.1) is 12.7 Å². The van der Waals surface area contributed by atoms with Gasteiger partial charge in [-0.2, -0.15) is 0 Å². The van der Waals surface area contributed by atoms with Crippen LogP contribution in [0.15, 0.2) is 12.4 Å². The van der Waals surface area contributed by atoms with Crippen LogP contribution in [-0.4, -0.2) is 52.5 Å². The van der Waals surface area contributed by atoms with Crippen LogP contribution in [0.1, 0.15) is 16.9 Å². The maximum absolute atomic E-state index is 10.8. The Morgan fingerprint density at radius 3 is 2.88 bits per heavy atom. The van der Waals surface area contributed by atoms with E-state index in [0.717, 1.165) is 0 Å². The molecule has 1 rings (SSSR count). The minimum atomic E-state index is -1.14. The topological polar surface area (TPSA) is 105 Å². The summed E-state index contributed by atoms with van der Waals surface area (Å²) in [5.74, 6) is -0.942. The molecule has 0 saturated heterocycles. The van der Waals surface area contributed by atoms with Crippen LogP contribution in [0.3, 0.4) is 0 Å². The highest BCUT2D eigenvalue weighted by atomic mass is 16.5. The molecule has 17 heavy (non-hydrogen) atoms. The number of carboxylic acids is 1. The summed E-state index contributed by atoms with van der Waals surface area (Å²) in [6.45, 7) is 0.636. The van der Waals surface area contributed by atoms with Crippen molar-refractivity contribution >= 4 is 11.8 Å². The predicted octanol–water partition coefficient (Wildman–Crippen LogP) is -0.0159. The van der Waals surface area contributed by atoms with Crippen molar-refractivity contribution in [2.45, 2.75) is 12.5 Å². The smallest absolute Gasteiger partial charge is 0.358 e. The monoisotopic (exact) mass is 241 g/mol. The summed E-state index contributed by atoms with van der Waals surface area (Å²) in [6.07, 6.45) is 2.57. The molecule has 0 aliphatic carbocycles. The fourth-order valence-corrected chi connectivity index (χ4v) is 1.26. The molecule has 3 N–H and O–H groups in total. The van der Waals surface area contributed by atoms with Gasteiger partial charge in [-0.05, 0) is 6.42 Å². The molecule has 0 amide bonds. The van der Waals surface area contributed by atoms with Crippen molar-refractivity contribution in [1.29, 1.82) is 0 Å². The van der Waals surface area contributed by atoms with Crippen molar-refractivity contribution in [1.82, 2.24) is 9.97 Å². The number of ether oxygens (including phenoxy) is 1. The largest absolute Gasteiger partial charge is 0.476 e. The molecule has 0 fully saturated rings. The molecule has 94 valence electrons. The zero-order valence-corrected chi connectivity index (χ0v) is 9.46. The van der Waals surface area contributed by atoms with Crippen molar-refractivity contribution in [3.05, 3.63) is 18.1 Å². The molecule has 0 aliphatic rings. The van der Waals surface area contributed by atoms with E-state index in [9.17, 15) is 9.90 Å². The van der Waals surface area contributed by atoms with Crippen LogP contribution in [0, 0.1) is 0 Å². The molecule has 7 heteroatoms. The first-order valence-corrected chi connectivity index (χ1v) is 5.10. The SMILES string of the molecule is COCC(O)CCNc1nccnc1C(=O)O. The molecule has 1 atom stereocenters. The van der Waals surface area contributed by atoms with E-state index in [1.54, 1.807) is 0 Å². The number of aromatic carboxylic acids is 1. The van der Waals surface area contributed by atoms with E-state index in [2.05, 4.69) is 15.3 Å². The maximum Gasteiger partial charge on any atom is 0.358 e. The summed E-state index contributed by atoms with van der Waals surface area (Å²) in [5.41, 5.74) is -0.131. The predicted molar refractivity (Wildman–Crippen MR) is 60.0 cm³/mol. The third kappa shape index (κ3) is 4.33. The van der Waals surface area contributed by atoms with E-state index < -0.39 is 12.1 Å². The van der Waals surface area contributed by atoms with Gasteiger partial charge in [0.25, 0.3) is 0 Å². The highest BCUT2D eigenvalue weighted by Crippen LogP contribution is 2.08. The molecule has 0 radical (unpaired) electrons. The molecule has 1 aromatic rings. The zero-order chi connectivity index (χ0) is 12.7. The summed E-state index contributed by atoms with van der Waals surface area (Å²) >= 11 is 0. The van der Waals surface area contributed by atoms with E-state index in [0.29, 0.717) is 13.0 Å². The molecule has 7 nitrogen and oxygen atoms in total. The molecule has 1 aromatic heterocycles. The second-order valence-corrected chi connectivity index (χ2v) is 3.38. The minimum absolute atomic E-state index is 0.131. The fraction of sp³-hybridized carbons (Fsp3) is 0.500. The lowest BCUT2D eigenvalue weighted by Crippen LogP contribution is -2.19. The molecule has 0 bridgehead atoms. The number of methoxy groups -OCH3 is 1. The third-order valence-corrected chi connectivity index (χ3v) is 2.03.